The Kier molecular flexibility index (Phi) is 4.76. The average Bonchev–Trinajstić information content (AvgIpc) is 2.49. The highest BCUT2D eigenvalue weighted by molar-refractivity contribution is 9.11. The summed E-state index contributed by atoms with van der Waals surface area (Å²) >= 11 is 5.12. The van der Waals surface area contributed by atoms with Crippen LogP contribution in [0.3, 0.4) is 0 Å². The minimum absolute atomic E-state index is 0.110. The summed E-state index contributed by atoms with van der Waals surface area (Å²) in [5, 5.41) is 3.33. The second kappa shape index (κ2) is 5.63. The Morgan fingerprint density at radius 2 is 2.27 bits per heavy atom. The number of nitrogens with two attached hydrogens (primary N) is 1. The molecule has 0 spiro atoms. The fraction of sp³-hybridized carbons (Fsp3) is 0.500. The van der Waals surface area contributed by atoms with Gasteiger partial charge >= 0.3 is 0 Å². The molecule has 0 bridgehead atoms. The van der Waals surface area contributed by atoms with Crippen molar-refractivity contribution >= 4 is 33.2 Å². The second-order valence-electron chi connectivity index (χ2n) is 3.60. The van der Waals surface area contributed by atoms with Crippen LogP contribution in [0.5, 0.6) is 0 Å². The number of nitrogens with one attached hydrogen (secondary N) is 1. The molecule has 2 unspecified atom stereocenters. The third kappa shape index (κ3) is 4.32. The number of carbonyl (C=O) groups excluding carboxylic acids is 1. The maximum atomic E-state index is 10.7. The van der Waals surface area contributed by atoms with E-state index in [0.717, 1.165) is 3.79 Å². The first-order valence-corrected chi connectivity index (χ1v) is 6.39. The number of rotatable bonds is 5. The maximum absolute atomic E-state index is 10.7. The number of halogens is 1. The molecule has 0 aliphatic rings. The Hall–Kier alpha value is -0.390. The molecule has 0 saturated heterocycles. The molecule has 0 aliphatic carbocycles. The van der Waals surface area contributed by atoms with E-state index in [2.05, 4.69) is 34.2 Å². The number of hydrogen-bond acceptors (Lipinski definition) is 3. The van der Waals surface area contributed by atoms with E-state index in [4.69, 9.17) is 5.73 Å². The number of amides is 1. The molecule has 1 aromatic rings. The van der Waals surface area contributed by atoms with Crippen LogP contribution in [0.2, 0.25) is 0 Å². The predicted octanol–water partition coefficient (Wildman–Crippen LogP) is 2.43. The van der Waals surface area contributed by atoms with E-state index in [0.29, 0.717) is 6.42 Å². The predicted molar refractivity (Wildman–Crippen MR) is 66.8 cm³/mol. The van der Waals surface area contributed by atoms with E-state index >= 15 is 0 Å². The SMILES string of the molecule is CC(CC(N)=O)NC(C)c1ccc(Br)s1. The lowest BCUT2D eigenvalue weighted by Gasteiger charge is -2.17. The lowest BCUT2D eigenvalue weighted by atomic mass is 10.2. The van der Waals surface area contributed by atoms with Crippen LogP contribution in [-0.2, 0) is 4.79 Å². The molecule has 1 rings (SSSR count). The highest BCUT2D eigenvalue weighted by Crippen LogP contribution is 2.27. The van der Waals surface area contributed by atoms with Gasteiger partial charge in [-0.2, -0.15) is 0 Å². The fourth-order valence-corrected chi connectivity index (χ4v) is 2.87. The highest BCUT2D eigenvalue weighted by Gasteiger charge is 2.12. The van der Waals surface area contributed by atoms with Crippen LogP contribution in [0.15, 0.2) is 15.9 Å². The van der Waals surface area contributed by atoms with Gasteiger partial charge in [0.15, 0.2) is 0 Å². The van der Waals surface area contributed by atoms with Gasteiger partial charge in [0, 0.05) is 23.4 Å². The van der Waals surface area contributed by atoms with Crippen molar-refractivity contribution < 1.29 is 4.79 Å². The normalized spacial score (nSPS) is 14.9. The molecule has 0 fully saturated rings. The molecule has 0 aliphatic heterocycles. The van der Waals surface area contributed by atoms with E-state index in [1.807, 2.05) is 13.0 Å². The molecule has 1 aromatic heterocycles. The summed E-state index contributed by atoms with van der Waals surface area (Å²) in [7, 11) is 0. The van der Waals surface area contributed by atoms with E-state index in [1.165, 1.54) is 4.88 Å². The Bertz CT molecular complexity index is 340. The van der Waals surface area contributed by atoms with Gasteiger partial charge in [0.25, 0.3) is 0 Å². The lowest BCUT2D eigenvalue weighted by Crippen LogP contribution is -2.32. The minimum atomic E-state index is -0.269. The molecule has 5 heteroatoms. The minimum Gasteiger partial charge on any atom is -0.370 e. The van der Waals surface area contributed by atoms with E-state index in [1.54, 1.807) is 11.3 Å². The molecule has 3 nitrogen and oxygen atoms in total. The molecule has 1 heterocycles. The van der Waals surface area contributed by atoms with Crippen molar-refractivity contribution in [1.82, 2.24) is 5.32 Å². The summed E-state index contributed by atoms with van der Waals surface area (Å²) in [6, 6.07) is 4.45. The second-order valence-corrected chi connectivity index (χ2v) is 6.10. The van der Waals surface area contributed by atoms with Crippen molar-refractivity contribution in [3.63, 3.8) is 0 Å². The number of carbonyl (C=O) groups is 1. The fourth-order valence-electron chi connectivity index (χ4n) is 1.43. The van der Waals surface area contributed by atoms with Gasteiger partial charge in [-0.3, -0.25) is 4.79 Å². The molecule has 2 atom stereocenters. The third-order valence-corrected chi connectivity index (χ3v) is 3.87. The monoisotopic (exact) mass is 290 g/mol. The van der Waals surface area contributed by atoms with Crippen LogP contribution < -0.4 is 11.1 Å². The third-order valence-electron chi connectivity index (χ3n) is 2.06. The number of primary amides is 1. The summed E-state index contributed by atoms with van der Waals surface area (Å²) in [5.74, 6) is -0.269. The van der Waals surface area contributed by atoms with Gasteiger partial charge in [-0.15, -0.1) is 11.3 Å². The molecular weight excluding hydrogens is 276 g/mol. The van der Waals surface area contributed by atoms with Crippen molar-refractivity contribution in [3.8, 4) is 0 Å². The van der Waals surface area contributed by atoms with Crippen molar-refractivity contribution in [2.24, 2.45) is 5.73 Å². The van der Waals surface area contributed by atoms with Gasteiger partial charge < -0.3 is 11.1 Å². The lowest BCUT2D eigenvalue weighted by molar-refractivity contribution is -0.118. The standard InChI is InChI=1S/C10H15BrN2OS/c1-6(5-10(12)14)13-7(2)8-3-4-9(11)15-8/h3-4,6-7,13H,5H2,1-2H3,(H2,12,14). The van der Waals surface area contributed by atoms with Gasteiger partial charge in [-0.05, 0) is 41.9 Å². The van der Waals surface area contributed by atoms with Crippen molar-refractivity contribution in [3.05, 3.63) is 20.8 Å². The summed E-state index contributed by atoms with van der Waals surface area (Å²) in [4.78, 5) is 12.0. The van der Waals surface area contributed by atoms with Crippen molar-refractivity contribution in [1.29, 1.82) is 0 Å². The molecule has 84 valence electrons. The largest absolute Gasteiger partial charge is 0.370 e. The summed E-state index contributed by atoms with van der Waals surface area (Å²) in [5.41, 5.74) is 5.13. The van der Waals surface area contributed by atoms with Gasteiger partial charge in [-0.25, -0.2) is 0 Å². The van der Waals surface area contributed by atoms with Gasteiger partial charge in [-0.1, -0.05) is 0 Å². The summed E-state index contributed by atoms with van der Waals surface area (Å²) in [6.45, 7) is 4.04. The summed E-state index contributed by atoms with van der Waals surface area (Å²) in [6.07, 6.45) is 0.372. The molecule has 3 N–H and O–H groups in total. The van der Waals surface area contributed by atoms with E-state index < -0.39 is 0 Å². The molecule has 0 saturated carbocycles. The van der Waals surface area contributed by atoms with Crippen LogP contribution in [0.1, 0.15) is 31.2 Å². The Morgan fingerprint density at radius 1 is 1.60 bits per heavy atom. The first-order chi connectivity index (χ1) is 6.99. The molecule has 0 radical (unpaired) electrons. The van der Waals surface area contributed by atoms with Crippen LogP contribution in [0.25, 0.3) is 0 Å². The van der Waals surface area contributed by atoms with Crippen LogP contribution >= 0.6 is 27.3 Å². The first kappa shape index (κ1) is 12.7. The number of hydrogen-bond donors (Lipinski definition) is 2. The zero-order chi connectivity index (χ0) is 11.4. The maximum Gasteiger partial charge on any atom is 0.218 e. The molecular formula is C10H15BrN2OS. The van der Waals surface area contributed by atoms with Crippen LogP contribution in [0.4, 0.5) is 0 Å². The Morgan fingerprint density at radius 3 is 2.73 bits per heavy atom. The van der Waals surface area contributed by atoms with E-state index in [9.17, 15) is 4.79 Å². The quantitative estimate of drug-likeness (QED) is 0.875. The van der Waals surface area contributed by atoms with E-state index in [-0.39, 0.29) is 18.0 Å². The Balaban J connectivity index is 2.48. The van der Waals surface area contributed by atoms with Crippen molar-refractivity contribution in [2.45, 2.75) is 32.4 Å². The van der Waals surface area contributed by atoms with Gasteiger partial charge in [0.1, 0.15) is 0 Å². The van der Waals surface area contributed by atoms with Crippen molar-refractivity contribution in [2.75, 3.05) is 0 Å². The Labute approximate surface area is 102 Å². The topological polar surface area (TPSA) is 55.1 Å². The zero-order valence-electron chi connectivity index (χ0n) is 8.79. The van der Waals surface area contributed by atoms with Gasteiger partial charge in [0.05, 0.1) is 3.79 Å². The molecule has 15 heavy (non-hydrogen) atoms. The highest BCUT2D eigenvalue weighted by atomic mass is 79.9. The first-order valence-electron chi connectivity index (χ1n) is 4.78. The molecule has 0 aromatic carbocycles. The van der Waals surface area contributed by atoms with Crippen LogP contribution in [0, 0.1) is 0 Å². The summed E-state index contributed by atoms with van der Waals surface area (Å²) < 4.78 is 1.12. The van der Waals surface area contributed by atoms with Crippen LogP contribution in [-0.4, -0.2) is 11.9 Å². The average molecular weight is 291 g/mol. The zero-order valence-corrected chi connectivity index (χ0v) is 11.2. The smallest absolute Gasteiger partial charge is 0.218 e. The van der Waals surface area contributed by atoms with Gasteiger partial charge in [0.2, 0.25) is 5.91 Å². The molecule has 1 amide bonds. The number of thiophene rings is 1.